The highest BCUT2D eigenvalue weighted by Gasteiger charge is 2.30. The van der Waals surface area contributed by atoms with E-state index >= 15 is 0 Å². The summed E-state index contributed by atoms with van der Waals surface area (Å²) < 4.78 is 38.8. The fraction of sp³-hybridized carbons (Fsp3) is 0.435. The van der Waals surface area contributed by atoms with Crippen LogP contribution in [0.1, 0.15) is 37.3 Å². The summed E-state index contributed by atoms with van der Waals surface area (Å²) in [6.07, 6.45) is -3.90. The third-order valence-corrected chi connectivity index (χ3v) is 5.38. The molecule has 7 heteroatoms. The number of aliphatic carboxylic acids is 1. The Morgan fingerprint density at radius 3 is 2.23 bits per heavy atom. The predicted molar refractivity (Wildman–Crippen MR) is 112 cm³/mol. The van der Waals surface area contributed by atoms with Gasteiger partial charge < -0.3 is 15.3 Å². The average Bonchev–Trinajstić information content (AvgIpc) is 2.71. The first kappa shape index (κ1) is 22.2. The zero-order valence-corrected chi connectivity index (χ0v) is 17.2. The summed E-state index contributed by atoms with van der Waals surface area (Å²) in [6, 6.07) is 10.7. The predicted octanol–water partition coefficient (Wildman–Crippen LogP) is 5.00. The van der Waals surface area contributed by atoms with Gasteiger partial charge in [-0.2, -0.15) is 13.2 Å². The zero-order valence-electron chi connectivity index (χ0n) is 17.2. The summed E-state index contributed by atoms with van der Waals surface area (Å²) in [5.41, 5.74) is 2.24. The van der Waals surface area contributed by atoms with Gasteiger partial charge in [0.1, 0.15) is 0 Å². The number of hydrogen-bond acceptors (Lipinski definition) is 3. The number of carboxylic acid groups (broad SMARTS) is 1. The summed E-state index contributed by atoms with van der Waals surface area (Å²) in [4.78, 5) is 14.2. The fourth-order valence-corrected chi connectivity index (χ4v) is 3.81. The van der Waals surface area contributed by atoms with Gasteiger partial charge in [0.15, 0.2) is 0 Å². The van der Waals surface area contributed by atoms with E-state index in [0.717, 1.165) is 49.6 Å². The molecule has 3 rings (SSSR count). The number of carbonyl (C=O) groups is 1. The number of hydrogen-bond donors (Lipinski definition) is 2. The highest BCUT2D eigenvalue weighted by molar-refractivity contribution is 5.79. The van der Waals surface area contributed by atoms with Crippen LogP contribution >= 0.6 is 0 Å². The zero-order chi connectivity index (χ0) is 21.9. The lowest BCUT2D eigenvalue weighted by Crippen LogP contribution is -2.43. The van der Waals surface area contributed by atoms with Gasteiger partial charge in [-0.25, -0.2) is 0 Å². The Labute approximate surface area is 174 Å². The van der Waals surface area contributed by atoms with E-state index in [9.17, 15) is 23.1 Å². The second kappa shape index (κ2) is 9.08. The van der Waals surface area contributed by atoms with Gasteiger partial charge >= 0.3 is 12.1 Å². The molecule has 0 amide bonds. The Kier molecular flexibility index (Phi) is 6.71. The molecule has 1 saturated heterocycles. The highest BCUT2D eigenvalue weighted by Crippen LogP contribution is 2.35. The fourth-order valence-electron chi connectivity index (χ4n) is 3.81. The molecule has 0 aromatic heterocycles. The van der Waals surface area contributed by atoms with Gasteiger partial charge in [-0.1, -0.05) is 32.0 Å². The third-order valence-electron chi connectivity index (χ3n) is 5.38. The van der Waals surface area contributed by atoms with Crippen LogP contribution in [0.25, 0.3) is 11.1 Å². The van der Waals surface area contributed by atoms with Crippen molar-refractivity contribution in [1.29, 1.82) is 0 Å². The van der Waals surface area contributed by atoms with Crippen molar-refractivity contribution in [2.24, 2.45) is 5.92 Å². The molecular formula is C23H27F3N2O2. The summed E-state index contributed by atoms with van der Waals surface area (Å²) in [5.74, 6) is -1.36. The summed E-state index contributed by atoms with van der Waals surface area (Å²) >= 11 is 0. The summed E-state index contributed by atoms with van der Waals surface area (Å²) in [7, 11) is 0. The van der Waals surface area contributed by atoms with Crippen molar-refractivity contribution >= 4 is 11.7 Å². The Hall–Kier alpha value is -2.54. The van der Waals surface area contributed by atoms with E-state index in [0.29, 0.717) is 17.5 Å². The second-order valence-electron chi connectivity index (χ2n) is 8.15. The number of nitrogens with one attached hydrogen (secondary N) is 1. The maximum Gasteiger partial charge on any atom is 0.416 e. The molecule has 0 bridgehead atoms. The van der Waals surface area contributed by atoms with Gasteiger partial charge in [0.05, 0.1) is 11.5 Å². The van der Waals surface area contributed by atoms with Crippen LogP contribution in [-0.2, 0) is 11.0 Å². The van der Waals surface area contributed by atoms with Crippen LogP contribution < -0.4 is 10.2 Å². The van der Waals surface area contributed by atoms with E-state index in [1.54, 1.807) is 6.07 Å². The van der Waals surface area contributed by atoms with E-state index in [1.165, 1.54) is 12.1 Å². The van der Waals surface area contributed by atoms with Gasteiger partial charge in [0.2, 0.25) is 0 Å². The molecule has 0 saturated carbocycles. The van der Waals surface area contributed by atoms with Crippen molar-refractivity contribution in [3.8, 4) is 11.1 Å². The average molecular weight is 420 g/mol. The molecule has 1 atom stereocenters. The Morgan fingerprint density at radius 1 is 1.07 bits per heavy atom. The largest absolute Gasteiger partial charge is 0.481 e. The number of carboxylic acids is 1. The highest BCUT2D eigenvalue weighted by atomic mass is 19.4. The standard InChI is InChI=1S/C23H27F3N2O2/c1-15(2)11-21(22(29)30)18-12-17(13-20(14-18)28-9-7-27-8-10-28)16-3-5-19(6-4-16)23(24,25)26/h3-6,12-15,21,27H,7-11H2,1-2H3,(H,29,30). The van der Waals surface area contributed by atoms with Crippen LogP contribution in [0.5, 0.6) is 0 Å². The number of halogens is 3. The van der Waals surface area contributed by atoms with Crippen molar-refractivity contribution in [3.63, 3.8) is 0 Å². The Bertz CT molecular complexity index is 873. The lowest BCUT2D eigenvalue weighted by molar-refractivity contribution is -0.139. The van der Waals surface area contributed by atoms with Crippen LogP contribution in [0, 0.1) is 5.92 Å². The second-order valence-corrected chi connectivity index (χ2v) is 8.15. The monoisotopic (exact) mass is 420 g/mol. The quantitative estimate of drug-likeness (QED) is 0.691. The van der Waals surface area contributed by atoms with Crippen LogP contribution in [0.15, 0.2) is 42.5 Å². The normalized spacial score (nSPS) is 16.0. The van der Waals surface area contributed by atoms with E-state index < -0.39 is 23.6 Å². The molecule has 1 aliphatic heterocycles. The number of alkyl halides is 3. The number of piperazine rings is 1. The minimum atomic E-state index is -4.39. The SMILES string of the molecule is CC(C)CC(C(=O)O)c1cc(-c2ccc(C(F)(F)F)cc2)cc(N2CCNCC2)c1. The lowest BCUT2D eigenvalue weighted by atomic mass is 9.88. The molecular weight excluding hydrogens is 393 g/mol. The molecule has 1 aliphatic rings. The van der Waals surface area contributed by atoms with Gasteiger partial charge in [-0.05, 0) is 53.3 Å². The maximum absolute atomic E-state index is 12.9. The Balaban J connectivity index is 2.06. The smallest absolute Gasteiger partial charge is 0.416 e. The first-order valence-electron chi connectivity index (χ1n) is 10.2. The van der Waals surface area contributed by atoms with Crippen molar-refractivity contribution in [1.82, 2.24) is 5.32 Å². The third kappa shape index (κ3) is 5.33. The van der Waals surface area contributed by atoms with E-state index in [2.05, 4.69) is 10.2 Å². The molecule has 2 aromatic carbocycles. The molecule has 162 valence electrons. The van der Waals surface area contributed by atoms with Crippen molar-refractivity contribution < 1.29 is 23.1 Å². The van der Waals surface area contributed by atoms with Gasteiger partial charge in [-0.3, -0.25) is 4.79 Å². The van der Waals surface area contributed by atoms with Gasteiger partial charge in [0, 0.05) is 31.9 Å². The minimum Gasteiger partial charge on any atom is -0.481 e. The first-order chi connectivity index (χ1) is 14.1. The van der Waals surface area contributed by atoms with Crippen LogP contribution in [0.2, 0.25) is 0 Å². The van der Waals surface area contributed by atoms with E-state index in [-0.39, 0.29) is 5.92 Å². The molecule has 4 nitrogen and oxygen atoms in total. The summed E-state index contributed by atoms with van der Waals surface area (Å²) in [6.45, 7) is 7.19. The van der Waals surface area contributed by atoms with Crippen LogP contribution in [-0.4, -0.2) is 37.3 Å². The molecule has 2 aromatic rings. The van der Waals surface area contributed by atoms with Gasteiger partial charge in [0.25, 0.3) is 0 Å². The van der Waals surface area contributed by atoms with Crippen LogP contribution in [0.4, 0.5) is 18.9 Å². The molecule has 2 N–H and O–H groups in total. The lowest BCUT2D eigenvalue weighted by Gasteiger charge is -2.31. The van der Waals surface area contributed by atoms with Crippen molar-refractivity contribution in [2.75, 3.05) is 31.1 Å². The number of nitrogens with zero attached hydrogens (tertiary/aromatic N) is 1. The van der Waals surface area contributed by atoms with Gasteiger partial charge in [-0.15, -0.1) is 0 Å². The number of rotatable bonds is 6. The summed E-state index contributed by atoms with van der Waals surface area (Å²) in [5, 5.41) is 13.1. The molecule has 0 spiro atoms. The van der Waals surface area contributed by atoms with E-state index in [1.807, 2.05) is 26.0 Å². The van der Waals surface area contributed by atoms with Crippen LogP contribution in [0.3, 0.4) is 0 Å². The molecule has 1 fully saturated rings. The molecule has 1 heterocycles. The topological polar surface area (TPSA) is 52.6 Å². The molecule has 0 aliphatic carbocycles. The minimum absolute atomic E-state index is 0.198. The van der Waals surface area contributed by atoms with E-state index in [4.69, 9.17) is 0 Å². The molecule has 30 heavy (non-hydrogen) atoms. The molecule has 0 radical (unpaired) electrons. The number of benzene rings is 2. The maximum atomic E-state index is 12.9. The number of anilines is 1. The Morgan fingerprint density at radius 2 is 1.70 bits per heavy atom. The molecule has 1 unspecified atom stereocenters. The first-order valence-corrected chi connectivity index (χ1v) is 10.2. The van der Waals surface area contributed by atoms with Crippen molar-refractivity contribution in [3.05, 3.63) is 53.6 Å². The van der Waals surface area contributed by atoms with Crippen molar-refractivity contribution in [2.45, 2.75) is 32.4 Å².